The van der Waals surface area contributed by atoms with Gasteiger partial charge in [-0.3, -0.25) is 4.99 Å². The Morgan fingerprint density at radius 2 is 1.50 bits per heavy atom. The molecule has 5 heteroatoms. The first-order valence-corrected chi connectivity index (χ1v) is 15.9. The third-order valence-corrected chi connectivity index (χ3v) is 6.59. The maximum absolute atomic E-state index is 11.1. The van der Waals surface area contributed by atoms with E-state index in [-0.39, 0.29) is 5.41 Å². The average molecular weight is 510 g/mol. The van der Waals surface area contributed by atoms with Crippen molar-refractivity contribution in [2.24, 2.45) is 16.8 Å². The normalized spacial score (nSPS) is 21.9. The first-order chi connectivity index (χ1) is 15.2. The molecule has 2 nitrogen and oxygen atoms in total. The fourth-order valence-corrected chi connectivity index (χ4v) is 4.79. The van der Waals surface area contributed by atoms with Crippen molar-refractivity contribution in [1.82, 2.24) is 0 Å². The molecule has 1 aliphatic carbocycles. The number of rotatable bonds is 3. The molecule has 1 fully saturated rings. The van der Waals surface area contributed by atoms with E-state index in [1.807, 2.05) is 12.3 Å². The number of aromatic hydroxyl groups is 1. The second kappa shape index (κ2) is 13.2. The molecule has 2 unspecified atom stereocenters. The van der Waals surface area contributed by atoms with E-state index in [0.717, 1.165) is 16.8 Å². The Balaban J connectivity index is 0.00000114. The summed E-state index contributed by atoms with van der Waals surface area (Å²) in [5, 5.41) is 11.1. The Labute approximate surface area is 211 Å². The summed E-state index contributed by atoms with van der Waals surface area (Å²) in [7, 11) is 9.78. The van der Waals surface area contributed by atoms with Crippen molar-refractivity contribution in [3.63, 3.8) is 0 Å². The van der Waals surface area contributed by atoms with Gasteiger partial charge >= 0.3 is 35.6 Å². The molecule has 1 N–H and O–H groups in total. The van der Waals surface area contributed by atoms with Crippen LogP contribution >= 0.6 is 18.6 Å². The zero-order chi connectivity index (χ0) is 23.7. The Bertz CT molecular complexity index is 849. The Morgan fingerprint density at radius 3 is 2.03 bits per heavy atom. The molecule has 0 radical (unpaired) electrons. The quantitative estimate of drug-likeness (QED) is 0.324. The standard InChI is InChI=1S/C27H37NO.2ClH.Ti/c1-19-10-7-6-8-11-20(2)25(19)24-13-9-12-21(26(24)29)18-28-23-16-14-22(15-17-23)27(3,4)5;;;/h9,12-20,25,29H,6-8,10-11H2,1-5H3;2*1H;/q;;;+2/p-2. The Kier molecular flexibility index (Phi) is 11.3. The average Bonchev–Trinajstić information content (AvgIpc) is 2.73. The fourth-order valence-electron chi connectivity index (χ4n) is 4.79. The summed E-state index contributed by atoms with van der Waals surface area (Å²) in [4.78, 5) is 4.63. The predicted molar refractivity (Wildman–Crippen MR) is 136 cm³/mol. The number of phenols is 1. The zero-order valence-electron chi connectivity index (χ0n) is 20.0. The number of nitrogens with zero attached hydrogens (tertiary/aromatic N) is 1. The van der Waals surface area contributed by atoms with Gasteiger partial charge in [-0.05, 0) is 52.5 Å². The topological polar surface area (TPSA) is 32.6 Å². The van der Waals surface area contributed by atoms with Crippen LogP contribution in [0.15, 0.2) is 47.5 Å². The van der Waals surface area contributed by atoms with Crippen LogP contribution in [0.3, 0.4) is 0 Å². The Morgan fingerprint density at radius 1 is 0.938 bits per heavy atom. The molecule has 2 aromatic rings. The Hall–Kier alpha value is -0.796. The van der Waals surface area contributed by atoms with E-state index in [1.165, 1.54) is 37.7 Å². The van der Waals surface area contributed by atoms with Crippen molar-refractivity contribution in [1.29, 1.82) is 0 Å². The van der Waals surface area contributed by atoms with Crippen LogP contribution in [-0.4, -0.2) is 11.3 Å². The van der Waals surface area contributed by atoms with Crippen molar-refractivity contribution in [3.05, 3.63) is 59.2 Å². The van der Waals surface area contributed by atoms with Crippen molar-refractivity contribution >= 4 is 30.5 Å². The predicted octanol–water partition coefficient (Wildman–Crippen LogP) is 9.14. The van der Waals surface area contributed by atoms with Gasteiger partial charge in [0, 0.05) is 11.8 Å². The fraction of sp³-hybridized carbons (Fsp3) is 0.519. The number of hydrogen-bond donors (Lipinski definition) is 1. The van der Waals surface area contributed by atoms with Crippen molar-refractivity contribution < 1.29 is 22.1 Å². The number of benzene rings is 2. The van der Waals surface area contributed by atoms with Gasteiger partial charge in [-0.2, -0.15) is 0 Å². The van der Waals surface area contributed by atoms with Crippen LogP contribution in [0.5, 0.6) is 5.75 Å². The van der Waals surface area contributed by atoms with Gasteiger partial charge in [-0.25, -0.2) is 0 Å². The molecule has 174 valence electrons. The molecule has 0 heterocycles. The summed E-state index contributed by atoms with van der Waals surface area (Å²) in [5.41, 5.74) is 4.26. The maximum atomic E-state index is 11.1. The molecule has 0 amide bonds. The minimum atomic E-state index is -0.556. The third-order valence-electron chi connectivity index (χ3n) is 6.59. The minimum absolute atomic E-state index is 0.139. The summed E-state index contributed by atoms with van der Waals surface area (Å²) in [6.07, 6.45) is 8.24. The number of para-hydroxylation sites is 1. The van der Waals surface area contributed by atoms with Crippen molar-refractivity contribution in [3.8, 4) is 5.75 Å². The first kappa shape index (κ1) is 27.4. The molecule has 2 aromatic carbocycles. The molecule has 0 bridgehead atoms. The summed E-state index contributed by atoms with van der Waals surface area (Å²) in [5.74, 6) is 2.00. The van der Waals surface area contributed by atoms with Gasteiger partial charge in [0.1, 0.15) is 5.75 Å². The summed E-state index contributed by atoms with van der Waals surface area (Å²) in [6.45, 7) is 11.3. The second-order valence-corrected chi connectivity index (χ2v) is 12.6. The number of halogens is 2. The monoisotopic (exact) mass is 509 g/mol. The van der Waals surface area contributed by atoms with Crippen LogP contribution in [0.1, 0.15) is 89.3 Å². The summed E-state index contributed by atoms with van der Waals surface area (Å²) in [6, 6.07) is 14.5. The number of hydrogen-bond acceptors (Lipinski definition) is 2. The van der Waals surface area contributed by atoms with E-state index in [1.54, 1.807) is 0 Å². The molecule has 0 saturated heterocycles. The van der Waals surface area contributed by atoms with E-state index < -0.39 is 17.0 Å². The van der Waals surface area contributed by atoms with Crippen molar-refractivity contribution in [2.45, 2.75) is 78.1 Å². The summed E-state index contributed by atoms with van der Waals surface area (Å²) < 4.78 is 0. The van der Waals surface area contributed by atoms with Crippen molar-refractivity contribution in [2.75, 3.05) is 0 Å². The number of phenolic OH excluding ortho intramolecular Hbond substituents is 1. The van der Waals surface area contributed by atoms with Crippen LogP contribution in [0.2, 0.25) is 0 Å². The van der Waals surface area contributed by atoms with Crippen LogP contribution in [-0.2, 0) is 22.4 Å². The SMILES string of the molecule is CC1CCCCCC(C)C1c1cccc(C=Nc2ccc(C(C)(C)C)cc2)c1O.[Cl][Ti][Cl]. The molecule has 32 heavy (non-hydrogen) atoms. The molecule has 3 rings (SSSR count). The summed E-state index contributed by atoms with van der Waals surface area (Å²) >= 11 is -0.556. The van der Waals surface area contributed by atoms with Crippen LogP contribution < -0.4 is 0 Å². The number of aliphatic imine (C=N–C) groups is 1. The first-order valence-electron chi connectivity index (χ1n) is 11.6. The van der Waals surface area contributed by atoms with E-state index in [0.29, 0.717) is 23.5 Å². The van der Waals surface area contributed by atoms with Gasteiger partial charge in [-0.1, -0.05) is 91.0 Å². The van der Waals surface area contributed by atoms with Crippen LogP contribution in [0.4, 0.5) is 5.69 Å². The second-order valence-electron chi connectivity index (χ2n) is 10.0. The van der Waals surface area contributed by atoms with Crippen LogP contribution in [0.25, 0.3) is 0 Å². The van der Waals surface area contributed by atoms with E-state index >= 15 is 0 Å². The molecular formula is C27H37Cl2NOTi. The van der Waals surface area contributed by atoms with Gasteiger partial charge in [0.2, 0.25) is 0 Å². The van der Waals surface area contributed by atoms with E-state index in [9.17, 15) is 5.11 Å². The molecule has 0 spiro atoms. The van der Waals surface area contributed by atoms with Gasteiger partial charge in [-0.15, -0.1) is 0 Å². The molecular weight excluding hydrogens is 473 g/mol. The molecule has 1 aliphatic rings. The van der Waals surface area contributed by atoms with Gasteiger partial charge in [0.05, 0.1) is 5.69 Å². The van der Waals surface area contributed by atoms with E-state index in [4.69, 9.17) is 18.6 Å². The molecule has 0 aliphatic heterocycles. The van der Waals surface area contributed by atoms with Crippen LogP contribution in [0, 0.1) is 11.8 Å². The molecule has 0 aromatic heterocycles. The molecule has 1 saturated carbocycles. The van der Waals surface area contributed by atoms with Gasteiger partial charge < -0.3 is 5.11 Å². The van der Waals surface area contributed by atoms with Gasteiger partial charge in [0.15, 0.2) is 0 Å². The molecule has 2 atom stereocenters. The van der Waals surface area contributed by atoms with Gasteiger partial charge in [0.25, 0.3) is 0 Å². The zero-order valence-corrected chi connectivity index (χ0v) is 23.1. The van der Waals surface area contributed by atoms with E-state index in [2.05, 4.69) is 76.0 Å². The third kappa shape index (κ3) is 7.91.